The molecule has 1 aromatic carbocycles. The molecule has 0 unspecified atom stereocenters. The fraction of sp³-hybridized carbons (Fsp3) is 0.429. The first-order valence-electron chi connectivity index (χ1n) is 9.55. The van der Waals surface area contributed by atoms with E-state index in [1.165, 1.54) is 5.56 Å². The van der Waals surface area contributed by atoms with Crippen LogP contribution in [-0.2, 0) is 0 Å². The zero-order valence-electron chi connectivity index (χ0n) is 16.1. The summed E-state index contributed by atoms with van der Waals surface area (Å²) in [6.07, 6.45) is 1.80. The van der Waals surface area contributed by atoms with E-state index in [9.17, 15) is 4.79 Å². The summed E-state index contributed by atoms with van der Waals surface area (Å²) < 4.78 is 5.70. The molecule has 0 atom stereocenters. The summed E-state index contributed by atoms with van der Waals surface area (Å²) in [5.74, 6) is 2.31. The smallest absolute Gasteiger partial charge is 0.317 e. The average molecular weight is 368 g/mol. The summed E-state index contributed by atoms with van der Waals surface area (Å²) in [6.45, 7) is 8.27. The molecule has 1 aliphatic heterocycles. The highest BCUT2D eigenvalue weighted by atomic mass is 16.5. The minimum Gasteiger partial charge on any atom is -0.492 e. The number of aromatic nitrogens is 1. The molecule has 0 aliphatic carbocycles. The van der Waals surface area contributed by atoms with Gasteiger partial charge in [0.1, 0.15) is 18.2 Å². The second-order valence-corrected chi connectivity index (χ2v) is 6.97. The fourth-order valence-electron chi connectivity index (χ4n) is 3.07. The van der Waals surface area contributed by atoms with Gasteiger partial charge in [-0.15, -0.1) is 0 Å². The van der Waals surface area contributed by atoms with E-state index in [0.29, 0.717) is 32.2 Å². The number of nitrogens with zero attached hydrogens (tertiary/aromatic N) is 3. The number of urea groups is 1. The van der Waals surface area contributed by atoms with Crippen molar-refractivity contribution in [1.29, 1.82) is 0 Å². The van der Waals surface area contributed by atoms with Gasteiger partial charge in [-0.25, -0.2) is 9.78 Å². The molecule has 2 aromatic rings. The third kappa shape index (κ3) is 5.36. The fourth-order valence-corrected chi connectivity index (χ4v) is 3.07. The molecule has 1 saturated heterocycles. The number of nitrogens with one attached hydrogen (secondary N) is 1. The third-order valence-corrected chi connectivity index (χ3v) is 4.73. The second kappa shape index (κ2) is 9.26. The Kier molecular flexibility index (Phi) is 6.52. The predicted molar refractivity (Wildman–Crippen MR) is 107 cm³/mol. The lowest BCUT2D eigenvalue weighted by molar-refractivity contribution is 0.191. The molecule has 0 radical (unpaired) electrons. The Hall–Kier alpha value is -2.76. The van der Waals surface area contributed by atoms with Gasteiger partial charge in [0.2, 0.25) is 0 Å². The molecule has 0 bridgehead atoms. The number of amides is 2. The van der Waals surface area contributed by atoms with Crippen LogP contribution in [0.1, 0.15) is 25.3 Å². The standard InChI is InChI=1S/C21H28N4O2/c1-17(2)18-6-8-19(9-7-18)27-16-11-23-21(26)25-14-12-24(13-15-25)20-5-3-4-10-22-20/h3-10,17H,11-16H2,1-2H3,(H,23,26). The molecular formula is C21H28N4O2. The van der Waals surface area contributed by atoms with Crippen molar-refractivity contribution in [3.63, 3.8) is 0 Å². The number of carbonyl (C=O) groups excluding carboxylic acids is 1. The first-order chi connectivity index (χ1) is 13.1. The summed E-state index contributed by atoms with van der Waals surface area (Å²) in [4.78, 5) is 20.7. The molecule has 144 valence electrons. The Bertz CT molecular complexity index is 711. The molecule has 6 heteroatoms. The number of anilines is 1. The van der Waals surface area contributed by atoms with Gasteiger partial charge in [-0.05, 0) is 35.7 Å². The number of hydrogen-bond donors (Lipinski definition) is 1. The van der Waals surface area contributed by atoms with Crippen LogP contribution in [0.5, 0.6) is 5.75 Å². The summed E-state index contributed by atoms with van der Waals surface area (Å²) in [5, 5.41) is 2.93. The van der Waals surface area contributed by atoms with Crippen molar-refractivity contribution in [1.82, 2.24) is 15.2 Å². The summed E-state index contributed by atoms with van der Waals surface area (Å²) >= 11 is 0. The zero-order valence-corrected chi connectivity index (χ0v) is 16.1. The first kappa shape index (κ1) is 19.0. The third-order valence-electron chi connectivity index (χ3n) is 4.73. The molecule has 1 aromatic heterocycles. The van der Waals surface area contributed by atoms with Gasteiger partial charge in [0.05, 0.1) is 6.54 Å². The van der Waals surface area contributed by atoms with E-state index in [1.54, 1.807) is 6.20 Å². The minimum atomic E-state index is -0.0329. The van der Waals surface area contributed by atoms with Crippen molar-refractivity contribution in [3.8, 4) is 5.75 Å². The van der Waals surface area contributed by atoms with Gasteiger partial charge in [-0.1, -0.05) is 32.0 Å². The number of piperazine rings is 1. The van der Waals surface area contributed by atoms with Crippen LogP contribution in [0, 0.1) is 0 Å². The van der Waals surface area contributed by atoms with Crippen molar-refractivity contribution in [2.45, 2.75) is 19.8 Å². The van der Waals surface area contributed by atoms with Gasteiger partial charge in [-0.3, -0.25) is 0 Å². The number of rotatable bonds is 6. The van der Waals surface area contributed by atoms with Crippen LogP contribution in [0.15, 0.2) is 48.7 Å². The highest BCUT2D eigenvalue weighted by molar-refractivity contribution is 5.74. The molecule has 27 heavy (non-hydrogen) atoms. The Morgan fingerprint density at radius 1 is 1.11 bits per heavy atom. The van der Waals surface area contributed by atoms with E-state index >= 15 is 0 Å². The van der Waals surface area contributed by atoms with Gasteiger partial charge in [-0.2, -0.15) is 0 Å². The lowest BCUT2D eigenvalue weighted by Crippen LogP contribution is -2.52. The van der Waals surface area contributed by atoms with E-state index in [4.69, 9.17) is 4.74 Å². The molecule has 1 fully saturated rings. The average Bonchev–Trinajstić information content (AvgIpc) is 2.72. The maximum Gasteiger partial charge on any atom is 0.317 e. The van der Waals surface area contributed by atoms with Crippen LogP contribution in [0.3, 0.4) is 0 Å². The van der Waals surface area contributed by atoms with Crippen molar-refractivity contribution < 1.29 is 9.53 Å². The molecule has 2 amide bonds. The normalized spacial score (nSPS) is 14.3. The van der Waals surface area contributed by atoms with E-state index in [0.717, 1.165) is 24.7 Å². The largest absolute Gasteiger partial charge is 0.492 e. The van der Waals surface area contributed by atoms with Crippen molar-refractivity contribution in [3.05, 3.63) is 54.2 Å². The van der Waals surface area contributed by atoms with Crippen LogP contribution in [0.4, 0.5) is 10.6 Å². The first-order valence-corrected chi connectivity index (χ1v) is 9.55. The van der Waals surface area contributed by atoms with Crippen molar-refractivity contribution in [2.24, 2.45) is 0 Å². The second-order valence-electron chi connectivity index (χ2n) is 6.97. The Morgan fingerprint density at radius 3 is 2.48 bits per heavy atom. The van der Waals surface area contributed by atoms with E-state index in [2.05, 4.69) is 41.2 Å². The van der Waals surface area contributed by atoms with Crippen LogP contribution in [-0.4, -0.2) is 55.2 Å². The summed E-state index contributed by atoms with van der Waals surface area (Å²) in [7, 11) is 0. The van der Waals surface area contributed by atoms with Crippen molar-refractivity contribution in [2.75, 3.05) is 44.2 Å². The maximum absolute atomic E-state index is 12.3. The molecule has 3 rings (SSSR count). The lowest BCUT2D eigenvalue weighted by Gasteiger charge is -2.35. The molecule has 1 N–H and O–H groups in total. The zero-order chi connectivity index (χ0) is 19.1. The Morgan fingerprint density at radius 2 is 1.85 bits per heavy atom. The van der Waals surface area contributed by atoms with Gasteiger partial charge in [0.15, 0.2) is 0 Å². The molecular weight excluding hydrogens is 340 g/mol. The maximum atomic E-state index is 12.3. The van der Waals surface area contributed by atoms with Crippen LogP contribution in [0.2, 0.25) is 0 Å². The topological polar surface area (TPSA) is 57.7 Å². The van der Waals surface area contributed by atoms with Crippen LogP contribution in [0.25, 0.3) is 0 Å². The van der Waals surface area contributed by atoms with Crippen molar-refractivity contribution >= 4 is 11.8 Å². The van der Waals surface area contributed by atoms with E-state index in [1.807, 2.05) is 35.2 Å². The number of hydrogen-bond acceptors (Lipinski definition) is 4. The minimum absolute atomic E-state index is 0.0329. The monoisotopic (exact) mass is 368 g/mol. The van der Waals surface area contributed by atoms with E-state index in [-0.39, 0.29) is 6.03 Å². The summed E-state index contributed by atoms with van der Waals surface area (Å²) in [6, 6.07) is 14.0. The van der Waals surface area contributed by atoms with E-state index < -0.39 is 0 Å². The highest BCUT2D eigenvalue weighted by Crippen LogP contribution is 2.18. The SMILES string of the molecule is CC(C)c1ccc(OCCNC(=O)N2CCN(c3ccccn3)CC2)cc1. The number of benzene rings is 1. The molecule has 1 aliphatic rings. The molecule has 0 saturated carbocycles. The van der Waals surface area contributed by atoms with Crippen LogP contribution < -0.4 is 15.0 Å². The summed E-state index contributed by atoms with van der Waals surface area (Å²) in [5.41, 5.74) is 1.29. The van der Waals surface area contributed by atoms with Gasteiger partial charge in [0, 0.05) is 32.4 Å². The quantitative estimate of drug-likeness (QED) is 0.796. The number of pyridine rings is 1. The predicted octanol–water partition coefficient (Wildman–Crippen LogP) is 3.12. The number of carbonyl (C=O) groups is 1. The lowest BCUT2D eigenvalue weighted by atomic mass is 10.0. The Balaban J connectivity index is 1.35. The number of ether oxygens (including phenoxy) is 1. The highest BCUT2D eigenvalue weighted by Gasteiger charge is 2.21. The van der Waals surface area contributed by atoms with Crippen LogP contribution >= 0.6 is 0 Å². The molecule has 0 spiro atoms. The van der Waals surface area contributed by atoms with Gasteiger partial charge < -0.3 is 19.9 Å². The van der Waals surface area contributed by atoms with Gasteiger partial charge in [0.25, 0.3) is 0 Å². The van der Waals surface area contributed by atoms with Gasteiger partial charge >= 0.3 is 6.03 Å². The molecule has 2 heterocycles. The Labute approximate surface area is 161 Å². The molecule has 6 nitrogen and oxygen atoms in total.